The molecule has 0 bridgehead atoms. The number of rotatable bonds is 7. The molecule has 2 aromatic carbocycles. The minimum atomic E-state index is -0.184. The summed E-state index contributed by atoms with van der Waals surface area (Å²) in [6.07, 6.45) is 14.3. The van der Waals surface area contributed by atoms with Gasteiger partial charge in [0.2, 0.25) is 0 Å². The highest BCUT2D eigenvalue weighted by atomic mass is 16.5. The fourth-order valence-electron chi connectivity index (χ4n) is 3.47. The number of nitrogens with one attached hydrogen (secondary N) is 2. The van der Waals surface area contributed by atoms with Gasteiger partial charge >= 0.3 is 0 Å². The molecule has 0 saturated heterocycles. The smallest absolute Gasteiger partial charge is 0.262 e. The van der Waals surface area contributed by atoms with E-state index < -0.39 is 0 Å². The summed E-state index contributed by atoms with van der Waals surface area (Å²) in [5, 5.41) is 6.39. The van der Waals surface area contributed by atoms with E-state index in [0.29, 0.717) is 5.75 Å². The second-order valence-electron chi connectivity index (χ2n) is 7.28. The minimum Gasteiger partial charge on any atom is -0.484 e. The number of hydrogen-bond acceptors (Lipinski definition) is 4. The van der Waals surface area contributed by atoms with Crippen molar-refractivity contribution in [1.82, 2.24) is 5.32 Å². The Morgan fingerprint density at radius 1 is 1.07 bits per heavy atom. The molecular formula is C25H25N3O2. The van der Waals surface area contributed by atoms with Crippen LogP contribution in [0.15, 0.2) is 95.8 Å². The van der Waals surface area contributed by atoms with Crippen LogP contribution in [0.2, 0.25) is 0 Å². The van der Waals surface area contributed by atoms with E-state index >= 15 is 0 Å². The van der Waals surface area contributed by atoms with Crippen molar-refractivity contribution in [2.75, 3.05) is 11.9 Å². The zero-order chi connectivity index (χ0) is 20.6. The highest BCUT2D eigenvalue weighted by Gasteiger charge is 2.15. The SMILES string of the molecule is O=C(COc1ccccc1)Nc1cccc(C2C=C(NC3C=CC=CC3)N=CC2)c1. The molecular weight excluding hydrogens is 374 g/mol. The third kappa shape index (κ3) is 5.47. The van der Waals surface area contributed by atoms with Crippen molar-refractivity contribution in [1.29, 1.82) is 0 Å². The highest BCUT2D eigenvalue weighted by molar-refractivity contribution is 5.92. The van der Waals surface area contributed by atoms with Gasteiger partial charge in [-0.2, -0.15) is 0 Å². The predicted octanol–water partition coefficient (Wildman–Crippen LogP) is 4.58. The Bertz CT molecular complexity index is 992. The number of ether oxygens (including phenoxy) is 1. The molecule has 0 fully saturated rings. The van der Waals surface area contributed by atoms with Gasteiger partial charge in [0.25, 0.3) is 5.91 Å². The van der Waals surface area contributed by atoms with Crippen molar-refractivity contribution in [3.63, 3.8) is 0 Å². The predicted molar refractivity (Wildman–Crippen MR) is 121 cm³/mol. The number of para-hydroxylation sites is 1. The first kappa shape index (κ1) is 19.7. The molecule has 2 unspecified atom stereocenters. The van der Waals surface area contributed by atoms with Gasteiger partial charge in [0.1, 0.15) is 11.6 Å². The molecule has 2 atom stereocenters. The number of aliphatic imine (C=N–C) groups is 1. The maximum Gasteiger partial charge on any atom is 0.262 e. The highest BCUT2D eigenvalue weighted by Crippen LogP contribution is 2.27. The van der Waals surface area contributed by atoms with Crippen LogP contribution in [0.1, 0.15) is 24.3 Å². The van der Waals surface area contributed by atoms with Crippen LogP contribution in [-0.4, -0.2) is 24.8 Å². The summed E-state index contributed by atoms with van der Waals surface area (Å²) in [5.74, 6) is 1.60. The van der Waals surface area contributed by atoms with E-state index in [1.54, 1.807) is 0 Å². The van der Waals surface area contributed by atoms with Crippen LogP contribution in [0.4, 0.5) is 5.69 Å². The van der Waals surface area contributed by atoms with Gasteiger partial charge in [0.15, 0.2) is 6.61 Å². The van der Waals surface area contributed by atoms with Crippen LogP contribution in [0.25, 0.3) is 0 Å². The van der Waals surface area contributed by atoms with E-state index in [-0.39, 0.29) is 24.5 Å². The van der Waals surface area contributed by atoms with Crippen molar-refractivity contribution < 1.29 is 9.53 Å². The lowest BCUT2D eigenvalue weighted by Gasteiger charge is -2.22. The topological polar surface area (TPSA) is 62.7 Å². The number of allylic oxidation sites excluding steroid dienone is 3. The Morgan fingerprint density at radius 3 is 2.80 bits per heavy atom. The summed E-state index contributed by atoms with van der Waals surface area (Å²) in [5.41, 5.74) is 1.90. The van der Waals surface area contributed by atoms with Crippen molar-refractivity contribution in [3.05, 3.63) is 96.4 Å². The van der Waals surface area contributed by atoms with Crippen LogP contribution in [0.3, 0.4) is 0 Å². The van der Waals surface area contributed by atoms with E-state index in [0.717, 1.165) is 29.9 Å². The van der Waals surface area contributed by atoms with Gasteiger partial charge in [0, 0.05) is 23.9 Å². The van der Waals surface area contributed by atoms with E-state index in [1.165, 1.54) is 0 Å². The van der Waals surface area contributed by atoms with Gasteiger partial charge in [-0.15, -0.1) is 0 Å². The Morgan fingerprint density at radius 2 is 1.97 bits per heavy atom. The van der Waals surface area contributed by atoms with Gasteiger partial charge in [-0.05, 0) is 48.7 Å². The van der Waals surface area contributed by atoms with E-state index in [9.17, 15) is 4.79 Å². The molecule has 1 heterocycles. The summed E-state index contributed by atoms with van der Waals surface area (Å²) < 4.78 is 5.52. The monoisotopic (exact) mass is 399 g/mol. The molecule has 0 spiro atoms. The number of anilines is 1. The van der Waals surface area contributed by atoms with Gasteiger partial charge in [-0.3, -0.25) is 4.79 Å². The molecule has 0 radical (unpaired) electrons. The lowest BCUT2D eigenvalue weighted by molar-refractivity contribution is -0.118. The Kier molecular flexibility index (Phi) is 6.40. The minimum absolute atomic E-state index is 0.0261. The summed E-state index contributed by atoms with van der Waals surface area (Å²) in [6, 6.07) is 17.5. The number of carbonyl (C=O) groups excluding carboxylic acids is 1. The molecule has 4 rings (SSSR count). The first-order chi connectivity index (χ1) is 14.8. The normalized spacial score (nSPS) is 19.8. The maximum atomic E-state index is 12.3. The third-order valence-corrected chi connectivity index (χ3v) is 4.97. The van der Waals surface area contributed by atoms with Crippen LogP contribution < -0.4 is 15.4 Å². The van der Waals surface area contributed by atoms with E-state index in [1.807, 2.05) is 54.7 Å². The van der Waals surface area contributed by atoms with Crippen molar-refractivity contribution in [2.24, 2.45) is 4.99 Å². The van der Waals surface area contributed by atoms with Crippen molar-refractivity contribution in [3.8, 4) is 5.75 Å². The lowest BCUT2D eigenvalue weighted by atomic mass is 9.94. The molecule has 1 amide bonds. The van der Waals surface area contributed by atoms with Crippen LogP contribution in [0.5, 0.6) is 5.75 Å². The van der Waals surface area contributed by atoms with Crippen LogP contribution >= 0.6 is 0 Å². The number of hydrogen-bond donors (Lipinski definition) is 2. The van der Waals surface area contributed by atoms with Gasteiger partial charge in [0.05, 0.1) is 0 Å². The molecule has 2 N–H and O–H groups in total. The first-order valence-corrected chi connectivity index (χ1v) is 10.2. The number of benzene rings is 2. The van der Waals surface area contributed by atoms with Crippen LogP contribution in [-0.2, 0) is 4.79 Å². The zero-order valence-corrected chi connectivity index (χ0v) is 16.7. The average Bonchev–Trinajstić information content (AvgIpc) is 2.79. The molecule has 1 aliphatic heterocycles. The second-order valence-corrected chi connectivity index (χ2v) is 7.28. The first-order valence-electron chi connectivity index (χ1n) is 10.2. The molecule has 30 heavy (non-hydrogen) atoms. The maximum absolute atomic E-state index is 12.3. The lowest BCUT2D eigenvalue weighted by Crippen LogP contribution is -2.27. The average molecular weight is 399 g/mol. The number of amides is 1. The van der Waals surface area contributed by atoms with Crippen LogP contribution in [0, 0.1) is 0 Å². The van der Waals surface area contributed by atoms with Gasteiger partial charge in [-0.25, -0.2) is 4.99 Å². The second kappa shape index (κ2) is 9.74. The number of nitrogens with zero attached hydrogens (tertiary/aromatic N) is 1. The Hall–Kier alpha value is -3.60. The molecule has 5 heteroatoms. The molecule has 152 valence electrons. The molecule has 2 aliphatic rings. The summed E-state index contributed by atoms with van der Waals surface area (Å²) >= 11 is 0. The van der Waals surface area contributed by atoms with E-state index in [2.05, 4.69) is 52.1 Å². The molecule has 1 aliphatic carbocycles. The molecule has 0 aromatic heterocycles. The summed E-state index contributed by atoms with van der Waals surface area (Å²) in [7, 11) is 0. The standard InChI is InChI=1S/C25H25N3O2/c29-25(18-30-23-12-5-2-6-13-23)28-22-11-7-8-19(16-22)20-14-15-26-24(17-20)27-21-9-3-1-4-10-21/h1-9,11-13,15-17,20-21,27H,10,14,18H2,(H,28,29). The van der Waals surface area contributed by atoms with Crippen molar-refractivity contribution >= 4 is 17.8 Å². The quantitative estimate of drug-likeness (QED) is 0.716. The fraction of sp³-hybridized carbons (Fsp3) is 0.200. The largest absolute Gasteiger partial charge is 0.484 e. The third-order valence-electron chi connectivity index (χ3n) is 4.97. The van der Waals surface area contributed by atoms with Gasteiger partial charge < -0.3 is 15.4 Å². The Labute approximate surface area is 176 Å². The zero-order valence-electron chi connectivity index (χ0n) is 16.7. The summed E-state index contributed by atoms with van der Waals surface area (Å²) in [6.45, 7) is -0.0261. The fourth-order valence-corrected chi connectivity index (χ4v) is 3.47. The molecule has 2 aromatic rings. The Balaban J connectivity index is 1.36. The molecule has 5 nitrogen and oxygen atoms in total. The van der Waals surface area contributed by atoms with Crippen molar-refractivity contribution in [2.45, 2.75) is 24.8 Å². The summed E-state index contributed by atoms with van der Waals surface area (Å²) in [4.78, 5) is 16.8. The molecule has 0 saturated carbocycles. The van der Waals surface area contributed by atoms with Gasteiger partial charge in [-0.1, -0.05) is 54.6 Å². The van der Waals surface area contributed by atoms with E-state index in [4.69, 9.17) is 4.74 Å². The number of carbonyl (C=O) groups is 1.